The van der Waals surface area contributed by atoms with Crippen molar-refractivity contribution in [2.24, 2.45) is 11.8 Å². The lowest BCUT2D eigenvalue weighted by Gasteiger charge is -2.23. The highest BCUT2D eigenvalue weighted by molar-refractivity contribution is 4.66. The second-order valence-corrected chi connectivity index (χ2v) is 6.19. The summed E-state index contributed by atoms with van der Waals surface area (Å²) < 4.78 is 5.82. The highest BCUT2D eigenvalue weighted by Crippen LogP contribution is 2.18. The molecule has 5 atom stereocenters. The molecule has 0 aliphatic carbocycles. The summed E-state index contributed by atoms with van der Waals surface area (Å²) in [5, 5.41) is 19.3. The molecule has 0 aromatic carbocycles. The summed E-state index contributed by atoms with van der Waals surface area (Å²) in [5.74, 6) is 1.00. The van der Waals surface area contributed by atoms with E-state index in [4.69, 9.17) is 4.74 Å². The van der Waals surface area contributed by atoms with Crippen LogP contribution in [-0.4, -0.2) is 35.1 Å². The average Bonchev–Trinajstić information content (AvgIpc) is 2.33. The quantitative estimate of drug-likeness (QED) is 0.607. The molecule has 0 spiro atoms. The predicted molar refractivity (Wildman–Crippen MR) is 80.2 cm³/mol. The molecule has 0 aromatic heterocycles. The van der Waals surface area contributed by atoms with Crippen molar-refractivity contribution >= 4 is 0 Å². The maximum atomic E-state index is 9.91. The van der Waals surface area contributed by atoms with E-state index < -0.39 is 0 Å². The van der Waals surface area contributed by atoms with Gasteiger partial charge in [0.2, 0.25) is 0 Å². The number of rotatable bonds is 11. The van der Waals surface area contributed by atoms with Gasteiger partial charge in [-0.15, -0.1) is 0 Å². The van der Waals surface area contributed by atoms with Gasteiger partial charge in [-0.25, -0.2) is 0 Å². The molecular weight excluding hydrogens is 240 g/mol. The first-order chi connectivity index (χ1) is 8.88. The molecule has 0 aliphatic heterocycles. The molecule has 3 nitrogen and oxygen atoms in total. The summed E-state index contributed by atoms with van der Waals surface area (Å²) >= 11 is 0. The Morgan fingerprint density at radius 3 is 1.95 bits per heavy atom. The first-order valence-corrected chi connectivity index (χ1v) is 7.86. The maximum Gasteiger partial charge on any atom is 0.0776 e. The van der Waals surface area contributed by atoms with Crippen LogP contribution in [0.1, 0.15) is 66.7 Å². The van der Waals surface area contributed by atoms with Crippen LogP contribution in [0.3, 0.4) is 0 Å². The normalized spacial score (nSPS) is 19.7. The Balaban J connectivity index is 3.92. The third kappa shape index (κ3) is 10.3. The molecule has 0 radical (unpaired) electrons. The highest BCUT2D eigenvalue weighted by Gasteiger charge is 2.16. The van der Waals surface area contributed by atoms with Crippen LogP contribution in [0.5, 0.6) is 0 Å². The number of ether oxygens (including phenoxy) is 1. The molecule has 0 fully saturated rings. The molecule has 3 heteroatoms. The van der Waals surface area contributed by atoms with Gasteiger partial charge in [0.25, 0.3) is 0 Å². The average molecular weight is 274 g/mol. The summed E-state index contributed by atoms with van der Waals surface area (Å²) in [6.45, 7) is 10.8. The summed E-state index contributed by atoms with van der Waals surface area (Å²) in [7, 11) is 0. The van der Waals surface area contributed by atoms with Gasteiger partial charge >= 0.3 is 0 Å². The first kappa shape index (κ1) is 18.9. The molecule has 0 aliphatic rings. The van der Waals surface area contributed by atoms with Crippen LogP contribution in [0.25, 0.3) is 0 Å². The number of hydrogen-bond donors (Lipinski definition) is 2. The lowest BCUT2D eigenvalue weighted by molar-refractivity contribution is -0.0280. The zero-order chi connectivity index (χ0) is 14.8. The van der Waals surface area contributed by atoms with Gasteiger partial charge in [0.1, 0.15) is 0 Å². The van der Waals surface area contributed by atoms with E-state index in [0.717, 1.165) is 32.1 Å². The topological polar surface area (TPSA) is 49.7 Å². The van der Waals surface area contributed by atoms with Gasteiger partial charge in [0.05, 0.1) is 24.9 Å². The van der Waals surface area contributed by atoms with Crippen molar-refractivity contribution in [2.45, 2.75) is 85.0 Å². The van der Waals surface area contributed by atoms with Crippen LogP contribution in [0, 0.1) is 11.8 Å². The summed E-state index contributed by atoms with van der Waals surface area (Å²) in [4.78, 5) is 0. The fourth-order valence-corrected chi connectivity index (χ4v) is 2.43. The maximum absolute atomic E-state index is 9.91. The molecule has 0 rings (SSSR count). The predicted octanol–water partition coefficient (Wildman–Crippen LogP) is 3.38. The molecular formula is C16H34O3. The Labute approximate surface area is 119 Å². The van der Waals surface area contributed by atoms with Crippen molar-refractivity contribution in [3.8, 4) is 0 Å². The Morgan fingerprint density at radius 2 is 1.47 bits per heavy atom. The monoisotopic (exact) mass is 274 g/mol. The number of aliphatic hydroxyl groups is 2. The highest BCUT2D eigenvalue weighted by atomic mass is 16.5. The standard InChI is InChI=1S/C16H34O3/c1-6-12(3)9-15(18)11-19-16(7-2)10-13(4)8-14(5)17/h12-18H,6-11H2,1-5H3. The van der Waals surface area contributed by atoms with Crippen molar-refractivity contribution in [2.75, 3.05) is 6.61 Å². The molecule has 0 saturated heterocycles. The molecule has 0 bridgehead atoms. The third-order valence-corrected chi connectivity index (χ3v) is 3.76. The first-order valence-electron chi connectivity index (χ1n) is 7.86. The van der Waals surface area contributed by atoms with Gasteiger partial charge in [-0.3, -0.25) is 0 Å². The third-order valence-electron chi connectivity index (χ3n) is 3.76. The van der Waals surface area contributed by atoms with Crippen LogP contribution in [0.4, 0.5) is 0 Å². The van der Waals surface area contributed by atoms with Gasteiger partial charge in [-0.1, -0.05) is 34.1 Å². The molecule has 0 amide bonds. The van der Waals surface area contributed by atoms with E-state index in [-0.39, 0.29) is 18.3 Å². The van der Waals surface area contributed by atoms with E-state index in [1.807, 2.05) is 6.92 Å². The SMILES string of the molecule is CCC(C)CC(O)COC(CC)CC(C)CC(C)O. The summed E-state index contributed by atoms with van der Waals surface area (Å²) in [6, 6.07) is 0. The smallest absolute Gasteiger partial charge is 0.0776 e. The van der Waals surface area contributed by atoms with Crippen molar-refractivity contribution in [1.82, 2.24) is 0 Å². The molecule has 116 valence electrons. The zero-order valence-electron chi connectivity index (χ0n) is 13.4. The molecule has 19 heavy (non-hydrogen) atoms. The Hall–Kier alpha value is -0.120. The Bertz CT molecular complexity index is 206. The summed E-state index contributed by atoms with van der Waals surface area (Å²) in [5.41, 5.74) is 0. The largest absolute Gasteiger partial charge is 0.393 e. The number of aliphatic hydroxyl groups excluding tert-OH is 2. The van der Waals surface area contributed by atoms with E-state index in [0.29, 0.717) is 18.4 Å². The molecule has 0 aromatic rings. The molecule has 2 N–H and O–H groups in total. The fraction of sp³-hybridized carbons (Fsp3) is 1.00. The Morgan fingerprint density at radius 1 is 0.842 bits per heavy atom. The van der Waals surface area contributed by atoms with E-state index in [1.54, 1.807) is 0 Å². The van der Waals surface area contributed by atoms with Crippen LogP contribution >= 0.6 is 0 Å². The van der Waals surface area contributed by atoms with Crippen molar-refractivity contribution in [3.05, 3.63) is 0 Å². The molecule has 5 unspecified atom stereocenters. The zero-order valence-corrected chi connectivity index (χ0v) is 13.4. The van der Waals surface area contributed by atoms with Gasteiger partial charge in [-0.05, 0) is 44.4 Å². The second-order valence-electron chi connectivity index (χ2n) is 6.19. The minimum atomic E-state index is -0.351. The van der Waals surface area contributed by atoms with Crippen molar-refractivity contribution in [3.63, 3.8) is 0 Å². The minimum Gasteiger partial charge on any atom is -0.393 e. The lowest BCUT2D eigenvalue weighted by Crippen LogP contribution is -2.25. The van der Waals surface area contributed by atoms with E-state index in [2.05, 4.69) is 27.7 Å². The summed E-state index contributed by atoms with van der Waals surface area (Å²) in [6.07, 6.45) is 4.24. The van der Waals surface area contributed by atoms with Gasteiger partial charge in [-0.2, -0.15) is 0 Å². The van der Waals surface area contributed by atoms with Crippen LogP contribution in [0.15, 0.2) is 0 Å². The van der Waals surface area contributed by atoms with Gasteiger partial charge in [0.15, 0.2) is 0 Å². The Kier molecular flexibility index (Phi) is 10.6. The van der Waals surface area contributed by atoms with Crippen LogP contribution < -0.4 is 0 Å². The van der Waals surface area contributed by atoms with E-state index >= 15 is 0 Å². The minimum absolute atomic E-state index is 0.195. The van der Waals surface area contributed by atoms with Gasteiger partial charge < -0.3 is 14.9 Å². The van der Waals surface area contributed by atoms with E-state index in [9.17, 15) is 10.2 Å². The second kappa shape index (κ2) is 10.6. The van der Waals surface area contributed by atoms with Crippen LogP contribution in [-0.2, 0) is 4.74 Å². The van der Waals surface area contributed by atoms with Gasteiger partial charge in [0, 0.05) is 0 Å². The lowest BCUT2D eigenvalue weighted by atomic mass is 9.96. The van der Waals surface area contributed by atoms with E-state index in [1.165, 1.54) is 0 Å². The van der Waals surface area contributed by atoms with Crippen molar-refractivity contribution < 1.29 is 14.9 Å². The van der Waals surface area contributed by atoms with Crippen molar-refractivity contribution in [1.29, 1.82) is 0 Å². The molecule has 0 heterocycles. The fourth-order valence-electron chi connectivity index (χ4n) is 2.43. The van der Waals surface area contributed by atoms with Crippen LogP contribution in [0.2, 0.25) is 0 Å². The number of hydrogen-bond acceptors (Lipinski definition) is 3. The molecule has 0 saturated carbocycles.